The lowest BCUT2D eigenvalue weighted by Gasteiger charge is -2.63. The molecular weight excluding hydrogens is 242 g/mol. The minimum atomic E-state index is 0.654. The maximum Gasteiger partial charge on any atom is 0.00155 e. The zero-order valence-electron chi connectivity index (χ0n) is 13.6. The van der Waals surface area contributed by atoms with Crippen LogP contribution in [0, 0.1) is 28.6 Å². The zero-order chi connectivity index (χ0) is 13.8. The van der Waals surface area contributed by atoms with Crippen molar-refractivity contribution < 1.29 is 0 Å². The van der Waals surface area contributed by atoms with Crippen LogP contribution < -0.4 is 5.32 Å². The summed E-state index contributed by atoms with van der Waals surface area (Å²) in [5.41, 5.74) is 1.42. The molecule has 114 valence electrons. The lowest BCUT2D eigenvalue weighted by molar-refractivity contribution is -0.130. The summed E-state index contributed by atoms with van der Waals surface area (Å²) in [7, 11) is 0. The third-order valence-corrected chi connectivity index (χ3v) is 7.57. The van der Waals surface area contributed by atoms with Crippen molar-refractivity contribution in [3.8, 4) is 0 Å². The predicted molar refractivity (Wildman–Crippen MR) is 84.6 cm³/mol. The molecule has 0 heterocycles. The highest BCUT2D eigenvalue weighted by Gasteiger charge is 2.60. The Hall–Kier alpha value is -0.0400. The van der Waals surface area contributed by atoms with Gasteiger partial charge in [-0.1, -0.05) is 26.7 Å². The van der Waals surface area contributed by atoms with Gasteiger partial charge in [0.1, 0.15) is 0 Å². The van der Waals surface area contributed by atoms with E-state index in [0.29, 0.717) is 11.5 Å². The van der Waals surface area contributed by atoms with Crippen LogP contribution in [0.4, 0.5) is 0 Å². The SMILES string of the molecule is CC(C)NCC1(C23CC4CC(CC(C4)C2)C3)CCCC1. The largest absolute Gasteiger partial charge is 0.314 e. The molecule has 0 aromatic heterocycles. The summed E-state index contributed by atoms with van der Waals surface area (Å²) in [6.07, 6.45) is 15.6. The fraction of sp³-hybridized carbons (Fsp3) is 1.00. The summed E-state index contributed by atoms with van der Waals surface area (Å²) in [6.45, 7) is 5.96. The van der Waals surface area contributed by atoms with Crippen LogP contribution in [0.5, 0.6) is 0 Å². The Kier molecular flexibility index (Phi) is 3.22. The summed E-state index contributed by atoms with van der Waals surface area (Å²) in [6, 6.07) is 0.654. The zero-order valence-corrected chi connectivity index (χ0v) is 13.6. The highest BCUT2D eigenvalue weighted by atomic mass is 14.9. The van der Waals surface area contributed by atoms with Gasteiger partial charge in [-0.3, -0.25) is 0 Å². The minimum absolute atomic E-state index is 0.654. The minimum Gasteiger partial charge on any atom is -0.314 e. The fourth-order valence-corrected chi connectivity index (χ4v) is 7.11. The molecule has 5 saturated carbocycles. The molecule has 0 aromatic rings. The molecule has 5 aliphatic rings. The molecule has 1 nitrogen and oxygen atoms in total. The van der Waals surface area contributed by atoms with E-state index in [0.717, 1.165) is 23.2 Å². The fourth-order valence-electron chi connectivity index (χ4n) is 7.11. The molecule has 1 N–H and O–H groups in total. The molecule has 5 fully saturated rings. The van der Waals surface area contributed by atoms with Crippen molar-refractivity contribution in [2.24, 2.45) is 28.6 Å². The Labute approximate surface area is 125 Å². The third-order valence-electron chi connectivity index (χ3n) is 7.57. The Morgan fingerprint density at radius 2 is 1.40 bits per heavy atom. The van der Waals surface area contributed by atoms with E-state index in [1.54, 1.807) is 38.5 Å². The van der Waals surface area contributed by atoms with Crippen LogP contribution in [-0.2, 0) is 0 Å². The Morgan fingerprint density at radius 3 is 1.85 bits per heavy atom. The number of hydrogen-bond acceptors (Lipinski definition) is 1. The van der Waals surface area contributed by atoms with Crippen molar-refractivity contribution in [1.29, 1.82) is 0 Å². The van der Waals surface area contributed by atoms with E-state index in [4.69, 9.17) is 0 Å². The van der Waals surface area contributed by atoms with Crippen molar-refractivity contribution in [3.05, 3.63) is 0 Å². The highest BCUT2D eigenvalue weighted by Crippen LogP contribution is 2.69. The molecule has 0 aromatic carbocycles. The smallest absolute Gasteiger partial charge is 0.00155 e. The summed E-state index contributed by atoms with van der Waals surface area (Å²) < 4.78 is 0. The van der Waals surface area contributed by atoms with Gasteiger partial charge >= 0.3 is 0 Å². The van der Waals surface area contributed by atoms with Crippen LogP contribution in [0.25, 0.3) is 0 Å². The molecule has 0 atom stereocenters. The van der Waals surface area contributed by atoms with E-state index >= 15 is 0 Å². The van der Waals surface area contributed by atoms with E-state index in [1.165, 1.54) is 32.2 Å². The van der Waals surface area contributed by atoms with Gasteiger partial charge in [0.05, 0.1) is 0 Å². The number of nitrogens with one attached hydrogen (secondary N) is 1. The summed E-state index contributed by atoms with van der Waals surface area (Å²) >= 11 is 0. The normalized spacial score (nSPS) is 45.5. The second kappa shape index (κ2) is 4.73. The van der Waals surface area contributed by atoms with Gasteiger partial charge in [-0.25, -0.2) is 0 Å². The lowest BCUT2D eigenvalue weighted by atomic mass is 9.42. The summed E-state index contributed by atoms with van der Waals surface area (Å²) in [5.74, 6) is 3.33. The second-order valence-electron chi connectivity index (χ2n) is 9.22. The van der Waals surface area contributed by atoms with Crippen molar-refractivity contribution in [3.63, 3.8) is 0 Å². The topological polar surface area (TPSA) is 12.0 Å². The summed E-state index contributed by atoms with van der Waals surface area (Å²) in [5, 5.41) is 3.85. The first-order chi connectivity index (χ1) is 9.61. The average Bonchev–Trinajstić information content (AvgIpc) is 2.85. The molecule has 4 bridgehead atoms. The van der Waals surface area contributed by atoms with Crippen LogP contribution in [0.15, 0.2) is 0 Å². The molecular formula is C19H33N. The van der Waals surface area contributed by atoms with Crippen LogP contribution in [0.2, 0.25) is 0 Å². The maximum absolute atomic E-state index is 3.85. The van der Waals surface area contributed by atoms with Crippen LogP contribution in [0.3, 0.4) is 0 Å². The molecule has 0 saturated heterocycles. The van der Waals surface area contributed by atoms with Crippen molar-refractivity contribution in [2.45, 2.75) is 84.1 Å². The first-order valence-electron chi connectivity index (χ1n) is 9.34. The van der Waals surface area contributed by atoms with E-state index in [1.807, 2.05) is 0 Å². The van der Waals surface area contributed by atoms with Crippen molar-refractivity contribution in [1.82, 2.24) is 5.32 Å². The van der Waals surface area contributed by atoms with E-state index in [-0.39, 0.29) is 0 Å². The Morgan fingerprint density at radius 1 is 0.900 bits per heavy atom. The van der Waals surface area contributed by atoms with Gasteiger partial charge in [-0.2, -0.15) is 0 Å². The van der Waals surface area contributed by atoms with Gasteiger partial charge in [-0.05, 0) is 80.0 Å². The van der Waals surface area contributed by atoms with Gasteiger partial charge < -0.3 is 5.32 Å². The molecule has 5 rings (SSSR count). The molecule has 0 radical (unpaired) electrons. The van der Waals surface area contributed by atoms with Gasteiger partial charge in [0.2, 0.25) is 0 Å². The van der Waals surface area contributed by atoms with Crippen LogP contribution in [-0.4, -0.2) is 12.6 Å². The first-order valence-corrected chi connectivity index (χ1v) is 9.34. The highest BCUT2D eigenvalue weighted by molar-refractivity contribution is 5.11. The Bertz CT molecular complexity index is 329. The van der Waals surface area contributed by atoms with Crippen LogP contribution >= 0.6 is 0 Å². The van der Waals surface area contributed by atoms with Gasteiger partial charge in [0.25, 0.3) is 0 Å². The third kappa shape index (κ3) is 1.99. The maximum atomic E-state index is 3.85. The Balaban J connectivity index is 1.62. The van der Waals surface area contributed by atoms with Crippen molar-refractivity contribution >= 4 is 0 Å². The van der Waals surface area contributed by atoms with Crippen LogP contribution in [0.1, 0.15) is 78.1 Å². The molecule has 5 aliphatic carbocycles. The molecule has 0 aliphatic heterocycles. The number of rotatable bonds is 4. The molecule has 0 spiro atoms. The predicted octanol–water partition coefficient (Wildman–Crippen LogP) is 4.76. The van der Waals surface area contributed by atoms with E-state index in [9.17, 15) is 0 Å². The van der Waals surface area contributed by atoms with Gasteiger partial charge in [-0.15, -0.1) is 0 Å². The number of hydrogen-bond donors (Lipinski definition) is 1. The van der Waals surface area contributed by atoms with E-state index in [2.05, 4.69) is 19.2 Å². The second-order valence-corrected chi connectivity index (χ2v) is 9.22. The quantitative estimate of drug-likeness (QED) is 0.780. The molecule has 1 heteroatoms. The molecule has 0 amide bonds. The monoisotopic (exact) mass is 275 g/mol. The van der Waals surface area contributed by atoms with Gasteiger partial charge in [0, 0.05) is 12.6 Å². The molecule has 0 unspecified atom stereocenters. The van der Waals surface area contributed by atoms with Gasteiger partial charge in [0.15, 0.2) is 0 Å². The molecule has 20 heavy (non-hydrogen) atoms. The standard InChI is InChI=1S/C19H33N/c1-14(2)20-13-18(5-3-4-6-18)19-10-15-7-16(11-19)9-17(8-15)12-19/h14-17,20H,3-13H2,1-2H3. The summed E-state index contributed by atoms with van der Waals surface area (Å²) in [4.78, 5) is 0. The van der Waals surface area contributed by atoms with E-state index < -0.39 is 0 Å². The van der Waals surface area contributed by atoms with Crippen molar-refractivity contribution in [2.75, 3.05) is 6.54 Å². The first kappa shape index (κ1) is 13.6. The average molecular weight is 275 g/mol. The lowest BCUT2D eigenvalue weighted by Crippen LogP contribution is -2.57.